The fraction of sp³-hybridized carbons (Fsp3) is 0.632. The van der Waals surface area contributed by atoms with Crippen LogP contribution in [0.1, 0.15) is 47.2 Å². The first-order valence-electron chi connectivity index (χ1n) is 8.32. The molecular formula is C19H27NO. The zero-order chi connectivity index (χ0) is 15.0. The van der Waals surface area contributed by atoms with Gasteiger partial charge in [0.05, 0.1) is 6.54 Å². The van der Waals surface area contributed by atoms with Gasteiger partial charge in [0.15, 0.2) is 5.78 Å². The molecule has 2 bridgehead atoms. The molecule has 3 unspecified atom stereocenters. The Labute approximate surface area is 128 Å². The van der Waals surface area contributed by atoms with E-state index in [1.54, 1.807) is 0 Å². The van der Waals surface area contributed by atoms with E-state index in [1.807, 2.05) is 13.0 Å². The minimum Gasteiger partial charge on any atom is -0.299 e. The maximum atomic E-state index is 12.5. The maximum absolute atomic E-state index is 12.5. The van der Waals surface area contributed by atoms with E-state index in [9.17, 15) is 4.79 Å². The number of benzene rings is 1. The summed E-state index contributed by atoms with van der Waals surface area (Å²) < 4.78 is 0. The summed E-state index contributed by atoms with van der Waals surface area (Å²) in [6, 6.07) is 6.16. The van der Waals surface area contributed by atoms with Crippen molar-refractivity contribution in [2.24, 2.45) is 17.8 Å². The van der Waals surface area contributed by atoms with Crippen LogP contribution in [0, 0.1) is 31.6 Å². The number of rotatable bonds is 5. The number of aryl methyl sites for hydroxylation is 2. The van der Waals surface area contributed by atoms with E-state index in [1.165, 1.54) is 31.2 Å². The summed E-state index contributed by atoms with van der Waals surface area (Å²) in [5.41, 5.74) is 3.16. The minimum absolute atomic E-state index is 0.266. The molecule has 3 atom stereocenters. The van der Waals surface area contributed by atoms with Crippen LogP contribution < -0.4 is 0 Å². The van der Waals surface area contributed by atoms with Crippen molar-refractivity contribution >= 4 is 5.78 Å². The van der Waals surface area contributed by atoms with Crippen molar-refractivity contribution in [3.05, 3.63) is 34.9 Å². The number of carbonyl (C=O) groups is 1. The number of carbonyl (C=O) groups excluding carboxylic acids is 1. The summed E-state index contributed by atoms with van der Waals surface area (Å²) >= 11 is 0. The molecule has 3 rings (SSSR count). The third kappa shape index (κ3) is 3.21. The average molecular weight is 285 g/mol. The summed E-state index contributed by atoms with van der Waals surface area (Å²) in [7, 11) is 2.11. The SMILES string of the molecule is Cc1ccc(C)c(C(=O)CN(C)CC2CC3CCC2C3)c1. The van der Waals surface area contributed by atoms with E-state index in [4.69, 9.17) is 0 Å². The second kappa shape index (κ2) is 5.92. The first kappa shape index (κ1) is 14.8. The number of fused-ring (bicyclic) bond motifs is 2. The Morgan fingerprint density at radius 2 is 2.05 bits per heavy atom. The zero-order valence-corrected chi connectivity index (χ0v) is 13.6. The van der Waals surface area contributed by atoms with Crippen molar-refractivity contribution in [3.63, 3.8) is 0 Å². The Kier molecular flexibility index (Phi) is 4.17. The van der Waals surface area contributed by atoms with Crippen molar-refractivity contribution in [3.8, 4) is 0 Å². The number of hydrogen-bond donors (Lipinski definition) is 0. The van der Waals surface area contributed by atoms with Crippen LogP contribution in [0.15, 0.2) is 18.2 Å². The van der Waals surface area contributed by atoms with Gasteiger partial charge in [-0.2, -0.15) is 0 Å². The van der Waals surface area contributed by atoms with Crippen LogP contribution in [0.25, 0.3) is 0 Å². The molecule has 2 saturated carbocycles. The maximum Gasteiger partial charge on any atom is 0.177 e. The normalized spacial score (nSPS) is 27.5. The lowest BCUT2D eigenvalue weighted by molar-refractivity contribution is 0.0928. The molecule has 0 aromatic heterocycles. The molecule has 0 spiro atoms. The van der Waals surface area contributed by atoms with E-state index in [-0.39, 0.29) is 5.78 Å². The summed E-state index contributed by atoms with van der Waals surface area (Å²) in [6.07, 6.45) is 5.72. The largest absolute Gasteiger partial charge is 0.299 e. The van der Waals surface area contributed by atoms with E-state index >= 15 is 0 Å². The highest BCUT2D eigenvalue weighted by molar-refractivity contribution is 5.99. The molecule has 0 heterocycles. The number of likely N-dealkylation sites (N-methyl/N-ethyl adjacent to an activating group) is 1. The van der Waals surface area contributed by atoms with Crippen molar-refractivity contribution in [1.29, 1.82) is 0 Å². The molecule has 2 fully saturated rings. The predicted molar refractivity (Wildman–Crippen MR) is 86.7 cm³/mol. The van der Waals surface area contributed by atoms with Crippen molar-refractivity contribution in [2.45, 2.75) is 39.5 Å². The topological polar surface area (TPSA) is 20.3 Å². The van der Waals surface area contributed by atoms with Crippen LogP contribution in [0.4, 0.5) is 0 Å². The fourth-order valence-electron chi connectivity index (χ4n) is 4.43. The predicted octanol–water partition coefficient (Wildman–Crippen LogP) is 3.85. The third-order valence-corrected chi connectivity index (χ3v) is 5.54. The molecule has 114 valence electrons. The van der Waals surface area contributed by atoms with Gasteiger partial charge in [-0.05, 0) is 69.5 Å². The molecule has 0 radical (unpaired) electrons. The molecule has 21 heavy (non-hydrogen) atoms. The van der Waals surface area contributed by atoms with Gasteiger partial charge in [0.1, 0.15) is 0 Å². The van der Waals surface area contributed by atoms with Gasteiger partial charge in [0, 0.05) is 12.1 Å². The second-order valence-corrected chi connectivity index (χ2v) is 7.37. The standard InChI is InChI=1S/C19H27NO/c1-13-4-5-14(2)18(8-13)19(21)12-20(3)11-17-10-15-6-7-16(17)9-15/h4-5,8,15-17H,6-7,9-12H2,1-3H3. The smallest absolute Gasteiger partial charge is 0.177 e. The lowest BCUT2D eigenvalue weighted by atomic mass is 9.88. The molecule has 2 aliphatic carbocycles. The summed E-state index contributed by atoms with van der Waals surface area (Å²) in [5, 5.41) is 0. The van der Waals surface area contributed by atoms with Gasteiger partial charge in [-0.25, -0.2) is 0 Å². The number of Topliss-reactive ketones (excluding diaryl/α,β-unsaturated/α-hetero) is 1. The van der Waals surface area contributed by atoms with E-state index in [2.05, 4.69) is 31.0 Å². The van der Waals surface area contributed by atoms with E-state index in [0.29, 0.717) is 6.54 Å². The van der Waals surface area contributed by atoms with Crippen molar-refractivity contribution in [1.82, 2.24) is 4.90 Å². The fourth-order valence-corrected chi connectivity index (χ4v) is 4.43. The zero-order valence-electron chi connectivity index (χ0n) is 13.6. The highest BCUT2D eigenvalue weighted by atomic mass is 16.1. The Hall–Kier alpha value is -1.15. The Morgan fingerprint density at radius 1 is 1.24 bits per heavy atom. The van der Waals surface area contributed by atoms with Crippen molar-refractivity contribution < 1.29 is 4.79 Å². The van der Waals surface area contributed by atoms with E-state index < -0.39 is 0 Å². The van der Waals surface area contributed by atoms with Gasteiger partial charge in [0.2, 0.25) is 0 Å². The van der Waals surface area contributed by atoms with Gasteiger partial charge in [0.25, 0.3) is 0 Å². The molecule has 0 aliphatic heterocycles. The molecule has 1 aromatic carbocycles. The first-order chi connectivity index (χ1) is 10.0. The molecule has 0 N–H and O–H groups in total. The van der Waals surface area contributed by atoms with Crippen LogP contribution in [0.3, 0.4) is 0 Å². The van der Waals surface area contributed by atoms with Gasteiger partial charge in [-0.1, -0.05) is 24.1 Å². The van der Waals surface area contributed by atoms with Crippen LogP contribution in [0.5, 0.6) is 0 Å². The first-order valence-corrected chi connectivity index (χ1v) is 8.32. The Bertz CT molecular complexity index is 536. The number of ketones is 1. The summed E-state index contributed by atoms with van der Waals surface area (Å²) in [5.74, 6) is 3.03. The van der Waals surface area contributed by atoms with Crippen LogP contribution >= 0.6 is 0 Å². The van der Waals surface area contributed by atoms with Gasteiger partial charge < -0.3 is 0 Å². The molecular weight excluding hydrogens is 258 g/mol. The lowest BCUT2D eigenvalue weighted by Gasteiger charge is -2.26. The van der Waals surface area contributed by atoms with Gasteiger partial charge in [-0.3, -0.25) is 9.69 Å². The molecule has 2 aliphatic rings. The summed E-state index contributed by atoms with van der Waals surface area (Å²) in [4.78, 5) is 14.8. The highest BCUT2D eigenvalue weighted by Crippen LogP contribution is 2.48. The molecule has 0 saturated heterocycles. The van der Waals surface area contributed by atoms with Crippen LogP contribution in [-0.4, -0.2) is 30.8 Å². The number of hydrogen-bond acceptors (Lipinski definition) is 2. The highest BCUT2D eigenvalue weighted by Gasteiger charge is 2.39. The average Bonchev–Trinajstić information content (AvgIpc) is 3.03. The lowest BCUT2D eigenvalue weighted by Crippen LogP contribution is -2.33. The molecule has 1 aromatic rings. The Morgan fingerprint density at radius 3 is 2.71 bits per heavy atom. The Balaban J connectivity index is 1.58. The monoisotopic (exact) mass is 285 g/mol. The molecule has 0 amide bonds. The second-order valence-electron chi connectivity index (χ2n) is 7.37. The molecule has 2 nitrogen and oxygen atoms in total. The van der Waals surface area contributed by atoms with Crippen LogP contribution in [0.2, 0.25) is 0 Å². The van der Waals surface area contributed by atoms with Gasteiger partial charge >= 0.3 is 0 Å². The quantitative estimate of drug-likeness (QED) is 0.766. The van der Waals surface area contributed by atoms with Crippen molar-refractivity contribution in [2.75, 3.05) is 20.1 Å². The minimum atomic E-state index is 0.266. The van der Waals surface area contributed by atoms with Gasteiger partial charge in [-0.15, -0.1) is 0 Å². The summed E-state index contributed by atoms with van der Waals surface area (Å²) in [6.45, 7) is 5.73. The van der Waals surface area contributed by atoms with Crippen LogP contribution in [-0.2, 0) is 0 Å². The number of nitrogens with zero attached hydrogens (tertiary/aromatic N) is 1. The third-order valence-electron chi connectivity index (χ3n) is 5.54. The van der Waals surface area contributed by atoms with E-state index in [0.717, 1.165) is 35.4 Å². The molecule has 2 heteroatoms.